The predicted octanol–water partition coefficient (Wildman–Crippen LogP) is 2.63. The fraction of sp³-hybridized carbons (Fsp3) is 0.200. The van der Waals surface area contributed by atoms with Crippen LogP contribution in [0.1, 0.15) is 28.4 Å². The third-order valence-corrected chi connectivity index (χ3v) is 3.41. The molecule has 0 spiro atoms. The molecule has 0 saturated carbocycles. The summed E-state index contributed by atoms with van der Waals surface area (Å²) < 4.78 is 0. The van der Waals surface area contributed by atoms with Crippen LogP contribution in [0.25, 0.3) is 0 Å². The number of aliphatic hydroxyl groups is 1. The molecule has 0 aliphatic rings. The second-order valence-corrected chi connectivity index (χ2v) is 4.88. The highest BCUT2D eigenvalue weighted by Crippen LogP contribution is 2.27. The Kier molecular flexibility index (Phi) is 4.77. The van der Waals surface area contributed by atoms with Gasteiger partial charge in [-0.05, 0) is 29.7 Å². The minimum absolute atomic E-state index is 0.0432. The maximum Gasteiger partial charge on any atom is 0.252 e. The Balaban J connectivity index is 2.47. The molecule has 0 unspecified atom stereocenters. The fourth-order valence-electron chi connectivity index (χ4n) is 2.19. The van der Waals surface area contributed by atoms with Gasteiger partial charge in [0.2, 0.25) is 0 Å². The second-order valence-electron chi connectivity index (χ2n) is 4.50. The maximum atomic E-state index is 11.5. The molecule has 6 heteroatoms. The minimum Gasteiger partial charge on any atom is -0.392 e. The number of aliphatic hydroxyl groups excluding tert-OH is 1. The van der Waals surface area contributed by atoms with E-state index >= 15 is 0 Å². The number of primary amides is 1. The van der Waals surface area contributed by atoms with Crippen molar-refractivity contribution in [1.29, 1.82) is 0 Å². The lowest BCUT2D eigenvalue weighted by Gasteiger charge is -2.15. The van der Waals surface area contributed by atoms with Crippen LogP contribution >= 0.6 is 11.6 Å². The zero-order valence-electron chi connectivity index (χ0n) is 11.6. The van der Waals surface area contributed by atoms with Gasteiger partial charge >= 0.3 is 0 Å². The van der Waals surface area contributed by atoms with Crippen LogP contribution in [-0.2, 0) is 13.0 Å². The van der Waals surface area contributed by atoms with E-state index in [1.54, 1.807) is 6.07 Å². The maximum absolute atomic E-state index is 11.5. The Bertz CT molecular complexity index is 674. The number of nitrogens with one attached hydrogen (secondary N) is 1. The molecular formula is C15H16ClN3O2. The summed E-state index contributed by atoms with van der Waals surface area (Å²) in [6, 6.07) is 7.11. The number of hydrogen-bond donors (Lipinski definition) is 3. The molecule has 110 valence electrons. The van der Waals surface area contributed by atoms with Crippen molar-refractivity contribution in [1.82, 2.24) is 4.98 Å². The number of benzene rings is 1. The average molecular weight is 306 g/mol. The average Bonchev–Trinajstić information content (AvgIpc) is 2.46. The molecular weight excluding hydrogens is 290 g/mol. The number of nitrogens with two attached hydrogens (primary N) is 1. The van der Waals surface area contributed by atoms with Gasteiger partial charge in [0.1, 0.15) is 5.15 Å². The summed E-state index contributed by atoms with van der Waals surface area (Å²) in [5.41, 5.74) is 8.71. The highest BCUT2D eigenvalue weighted by Gasteiger charge is 2.12. The zero-order chi connectivity index (χ0) is 15.4. The molecule has 0 bridgehead atoms. The number of anilines is 2. The molecule has 1 aromatic carbocycles. The van der Waals surface area contributed by atoms with Crippen molar-refractivity contribution in [2.24, 2.45) is 5.73 Å². The highest BCUT2D eigenvalue weighted by molar-refractivity contribution is 6.29. The topological polar surface area (TPSA) is 88.2 Å². The molecule has 1 aromatic heterocycles. The molecule has 21 heavy (non-hydrogen) atoms. The third kappa shape index (κ3) is 3.32. The minimum atomic E-state index is -0.585. The van der Waals surface area contributed by atoms with Crippen LogP contribution in [0, 0.1) is 0 Å². The first-order valence-electron chi connectivity index (χ1n) is 6.50. The molecule has 0 fully saturated rings. The van der Waals surface area contributed by atoms with E-state index in [-0.39, 0.29) is 17.3 Å². The number of nitrogens with zero attached hydrogens (tertiary/aromatic N) is 1. The van der Waals surface area contributed by atoms with Crippen LogP contribution in [0.15, 0.2) is 30.5 Å². The summed E-state index contributed by atoms with van der Waals surface area (Å²) in [7, 11) is 0. The van der Waals surface area contributed by atoms with Crippen molar-refractivity contribution in [3.63, 3.8) is 0 Å². The van der Waals surface area contributed by atoms with Crippen LogP contribution in [0.2, 0.25) is 5.15 Å². The van der Waals surface area contributed by atoms with Crippen LogP contribution < -0.4 is 11.1 Å². The number of halogens is 1. The van der Waals surface area contributed by atoms with E-state index in [1.807, 2.05) is 25.1 Å². The van der Waals surface area contributed by atoms with Crippen molar-refractivity contribution in [3.05, 3.63) is 52.3 Å². The molecule has 1 amide bonds. The van der Waals surface area contributed by atoms with Gasteiger partial charge in [0.05, 0.1) is 17.9 Å². The summed E-state index contributed by atoms with van der Waals surface area (Å²) in [6.07, 6.45) is 2.08. The highest BCUT2D eigenvalue weighted by atomic mass is 35.5. The standard InChI is InChI=1S/C15H16ClN3O2/c1-2-10-9(8-20)4-3-5-12(10)19-13-6-14(16)18-7-11(13)15(17)21/h3-7,20H,2,8H2,1H3,(H2,17,21)(H,18,19). The van der Waals surface area contributed by atoms with Gasteiger partial charge in [-0.25, -0.2) is 4.98 Å². The van der Waals surface area contributed by atoms with Crippen molar-refractivity contribution in [2.45, 2.75) is 20.0 Å². The smallest absolute Gasteiger partial charge is 0.252 e. The number of carbonyl (C=O) groups excluding carboxylic acids is 1. The Morgan fingerprint density at radius 1 is 1.43 bits per heavy atom. The first-order valence-corrected chi connectivity index (χ1v) is 6.88. The molecule has 0 saturated heterocycles. The lowest BCUT2D eigenvalue weighted by molar-refractivity contribution is 0.100. The van der Waals surface area contributed by atoms with E-state index in [4.69, 9.17) is 17.3 Å². The van der Waals surface area contributed by atoms with Gasteiger partial charge < -0.3 is 16.2 Å². The van der Waals surface area contributed by atoms with Crippen LogP contribution in [0.4, 0.5) is 11.4 Å². The Morgan fingerprint density at radius 3 is 2.81 bits per heavy atom. The summed E-state index contributed by atoms with van der Waals surface area (Å²) in [6.45, 7) is 1.95. The van der Waals surface area contributed by atoms with Crippen molar-refractivity contribution >= 4 is 28.9 Å². The molecule has 2 aromatic rings. The number of hydrogen-bond acceptors (Lipinski definition) is 4. The van der Waals surface area contributed by atoms with E-state index in [2.05, 4.69) is 10.3 Å². The van der Waals surface area contributed by atoms with E-state index in [9.17, 15) is 9.90 Å². The van der Waals surface area contributed by atoms with Crippen molar-refractivity contribution in [3.8, 4) is 0 Å². The third-order valence-electron chi connectivity index (χ3n) is 3.20. The Morgan fingerprint density at radius 2 is 2.19 bits per heavy atom. The lowest BCUT2D eigenvalue weighted by Crippen LogP contribution is -2.14. The summed E-state index contributed by atoms with van der Waals surface area (Å²) in [5, 5.41) is 12.8. The normalized spacial score (nSPS) is 10.4. The van der Waals surface area contributed by atoms with Crippen LogP contribution in [-0.4, -0.2) is 16.0 Å². The van der Waals surface area contributed by atoms with Gasteiger partial charge in [-0.15, -0.1) is 0 Å². The first-order chi connectivity index (χ1) is 10.1. The Labute approximate surface area is 127 Å². The predicted molar refractivity (Wildman–Crippen MR) is 82.8 cm³/mol. The quantitative estimate of drug-likeness (QED) is 0.741. The molecule has 0 atom stereocenters. The largest absolute Gasteiger partial charge is 0.392 e. The summed E-state index contributed by atoms with van der Waals surface area (Å²) >= 11 is 5.88. The van der Waals surface area contributed by atoms with Crippen molar-refractivity contribution in [2.75, 3.05) is 5.32 Å². The molecule has 2 rings (SSSR count). The van der Waals surface area contributed by atoms with E-state index in [0.29, 0.717) is 5.69 Å². The molecule has 0 radical (unpaired) electrons. The SMILES string of the molecule is CCc1c(CO)cccc1Nc1cc(Cl)ncc1C(N)=O. The van der Waals surface area contributed by atoms with Gasteiger partial charge in [0, 0.05) is 11.9 Å². The number of rotatable bonds is 5. The number of amides is 1. The van der Waals surface area contributed by atoms with Gasteiger partial charge in [-0.2, -0.15) is 0 Å². The summed E-state index contributed by atoms with van der Waals surface area (Å²) in [5.74, 6) is -0.585. The first kappa shape index (κ1) is 15.3. The fourth-order valence-corrected chi connectivity index (χ4v) is 2.35. The Hall–Kier alpha value is -2.11. The number of carbonyl (C=O) groups is 1. The zero-order valence-corrected chi connectivity index (χ0v) is 12.3. The molecule has 5 nitrogen and oxygen atoms in total. The number of pyridine rings is 1. The van der Waals surface area contributed by atoms with E-state index < -0.39 is 5.91 Å². The molecule has 4 N–H and O–H groups in total. The van der Waals surface area contributed by atoms with E-state index in [1.165, 1.54) is 6.20 Å². The van der Waals surface area contributed by atoms with Crippen molar-refractivity contribution < 1.29 is 9.90 Å². The monoisotopic (exact) mass is 305 g/mol. The molecule has 0 aliphatic heterocycles. The summed E-state index contributed by atoms with van der Waals surface area (Å²) in [4.78, 5) is 15.3. The van der Waals surface area contributed by atoms with Gasteiger partial charge in [0.25, 0.3) is 5.91 Å². The van der Waals surface area contributed by atoms with Gasteiger partial charge in [-0.3, -0.25) is 4.79 Å². The molecule has 0 aliphatic carbocycles. The van der Waals surface area contributed by atoms with Crippen LogP contribution in [0.3, 0.4) is 0 Å². The van der Waals surface area contributed by atoms with Gasteiger partial charge in [-0.1, -0.05) is 30.7 Å². The van der Waals surface area contributed by atoms with E-state index in [0.717, 1.165) is 23.2 Å². The van der Waals surface area contributed by atoms with Crippen LogP contribution in [0.5, 0.6) is 0 Å². The molecule has 1 heterocycles. The lowest BCUT2D eigenvalue weighted by atomic mass is 10.0. The van der Waals surface area contributed by atoms with Gasteiger partial charge in [0.15, 0.2) is 0 Å². The number of aromatic nitrogens is 1. The second kappa shape index (κ2) is 6.56.